The molecule has 1 aliphatic heterocycles. The number of rotatable bonds is 7. The number of amides is 1. The van der Waals surface area contributed by atoms with Crippen molar-refractivity contribution in [2.45, 2.75) is 33.3 Å². The highest BCUT2D eigenvalue weighted by Gasteiger charge is 2.30. The van der Waals surface area contributed by atoms with Crippen molar-refractivity contribution in [3.63, 3.8) is 0 Å². The highest BCUT2D eigenvalue weighted by atomic mass is 16.5. The van der Waals surface area contributed by atoms with Crippen molar-refractivity contribution in [3.05, 3.63) is 53.6 Å². The standard InChI is InChI=1S/C23H27NO5/c1-15(2)14-28-20-10-9-18(13-21(20)27-4)23(26)29-16(3)22(25)24-12-11-17-7-5-6-8-19(17)24/h5-10,13,15-16H,11-12,14H2,1-4H3/t16-/m1/s1. The van der Waals surface area contributed by atoms with E-state index < -0.39 is 12.1 Å². The summed E-state index contributed by atoms with van der Waals surface area (Å²) in [6, 6.07) is 12.6. The quantitative estimate of drug-likeness (QED) is 0.664. The van der Waals surface area contributed by atoms with Crippen LogP contribution in [0.5, 0.6) is 11.5 Å². The van der Waals surface area contributed by atoms with Crippen molar-refractivity contribution in [1.29, 1.82) is 0 Å². The Hall–Kier alpha value is -3.02. The molecule has 3 rings (SSSR count). The summed E-state index contributed by atoms with van der Waals surface area (Å²) in [5.41, 5.74) is 2.31. The van der Waals surface area contributed by atoms with Crippen LogP contribution in [0.2, 0.25) is 0 Å². The fourth-order valence-corrected chi connectivity index (χ4v) is 3.24. The minimum atomic E-state index is -0.892. The second-order valence-corrected chi connectivity index (χ2v) is 7.49. The number of carbonyl (C=O) groups excluding carboxylic acids is 2. The predicted molar refractivity (Wildman–Crippen MR) is 111 cm³/mol. The first-order valence-electron chi connectivity index (χ1n) is 9.81. The molecule has 6 heteroatoms. The normalized spacial score (nSPS) is 13.8. The monoisotopic (exact) mass is 397 g/mol. The van der Waals surface area contributed by atoms with E-state index in [1.165, 1.54) is 7.11 Å². The Bertz CT molecular complexity index is 893. The van der Waals surface area contributed by atoms with Gasteiger partial charge in [0.25, 0.3) is 5.91 Å². The highest BCUT2D eigenvalue weighted by Crippen LogP contribution is 2.30. The van der Waals surface area contributed by atoms with Gasteiger partial charge < -0.3 is 19.1 Å². The smallest absolute Gasteiger partial charge is 0.339 e. The zero-order valence-corrected chi connectivity index (χ0v) is 17.3. The number of methoxy groups -OCH3 is 1. The number of nitrogens with zero attached hydrogens (tertiary/aromatic N) is 1. The molecular weight excluding hydrogens is 370 g/mol. The molecule has 0 bridgehead atoms. The van der Waals surface area contributed by atoms with Gasteiger partial charge in [0.15, 0.2) is 17.6 Å². The van der Waals surface area contributed by atoms with E-state index in [9.17, 15) is 9.59 Å². The summed E-state index contributed by atoms with van der Waals surface area (Å²) in [7, 11) is 1.52. The van der Waals surface area contributed by atoms with Crippen LogP contribution in [0.3, 0.4) is 0 Å². The first kappa shape index (κ1) is 20.7. The molecule has 0 saturated heterocycles. The van der Waals surface area contributed by atoms with Crippen molar-refractivity contribution >= 4 is 17.6 Å². The Balaban J connectivity index is 1.67. The van der Waals surface area contributed by atoms with E-state index in [4.69, 9.17) is 14.2 Å². The predicted octanol–water partition coefficient (Wildman–Crippen LogP) is 3.86. The Labute approximate surface area is 171 Å². The van der Waals surface area contributed by atoms with Gasteiger partial charge in [0.1, 0.15) is 0 Å². The van der Waals surface area contributed by atoms with Gasteiger partial charge in [-0.05, 0) is 49.1 Å². The van der Waals surface area contributed by atoms with Crippen LogP contribution >= 0.6 is 0 Å². The lowest BCUT2D eigenvalue weighted by Gasteiger charge is -2.22. The van der Waals surface area contributed by atoms with E-state index in [2.05, 4.69) is 13.8 Å². The third kappa shape index (κ3) is 4.70. The lowest BCUT2D eigenvalue weighted by atomic mass is 10.2. The number of para-hydroxylation sites is 1. The maximum atomic E-state index is 12.8. The lowest BCUT2D eigenvalue weighted by molar-refractivity contribution is -0.126. The Morgan fingerprint density at radius 1 is 1.07 bits per heavy atom. The van der Waals surface area contributed by atoms with Crippen LogP contribution in [0.4, 0.5) is 5.69 Å². The maximum absolute atomic E-state index is 12.8. The molecule has 1 aliphatic rings. The molecule has 1 amide bonds. The van der Waals surface area contributed by atoms with Crippen molar-refractivity contribution in [1.82, 2.24) is 0 Å². The molecule has 0 N–H and O–H groups in total. The zero-order valence-electron chi connectivity index (χ0n) is 17.3. The van der Waals surface area contributed by atoms with Crippen molar-refractivity contribution in [3.8, 4) is 11.5 Å². The summed E-state index contributed by atoms with van der Waals surface area (Å²) < 4.78 is 16.5. The maximum Gasteiger partial charge on any atom is 0.339 e. The molecule has 0 fully saturated rings. The number of esters is 1. The average molecular weight is 397 g/mol. The fourth-order valence-electron chi connectivity index (χ4n) is 3.24. The van der Waals surface area contributed by atoms with E-state index >= 15 is 0 Å². The van der Waals surface area contributed by atoms with E-state index in [1.54, 1.807) is 30.0 Å². The highest BCUT2D eigenvalue weighted by molar-refractivity contribution is 6.00. The summed E-state index contributed by atoms with van der Waals surface area (Å²) in [4.78, 5) is 27.1. The van der Waals surface area contributed by atoms with E-state index in [-0.39, 0.29) is 5.91 Å². The van der Waals surface area contributed by atoms with Crippen molar-refractivity contribution in [2.75, 3.05) is 25.2 Å². The van der Waals surface area contributed by atoms with E-state index in [1.807, 2.05) is 24.3 Å². The van der Waals surface area contributed by atoms with E-state index in [0.717, 1.165) is 17.7 Å². The molecule has 2 aromatic carbocycles. The molecule has 0 aromatic heterocycles. The fraction of sp³-hybridized carbons (Fsp3) is 0.391. The molecule has 1 heterocycles. The summed E-state index contributed by atoms with van der Waals surface area (Å²) in [6.07, 6.45) is -0.0889. The minimum Gasteiger partial charge on any atom is -0.493 e. The number of ether oxygens (including phenoxy) is 3. The van der Waals surface area contributed by atoms with Gasteiger partial charge in [-0.3, -0.25) is 4.79 Å². The number of carbonyl (C=O) groups is 2. The van der Waals surface area contributed by atoms with Gasteiger partial charge in [-0.2, -0.15) is 0 Å². The van der Waals surface area contributed by atoms with Gasteiger partial charge in [-0.25, -0.2) is 4.79 Å². The first-order chi connectivity index (χ1) is 13.9. The van der Waals surface area contributed by atoms with Crippen LogP contribution < -0.4 is 14.4 Å². The first-order valence-corrected chi connectivity index (χ1v) is 9.81. The van der Waals surface area contributed by atoms with Gasteiger partial charge in [-0.15, -0.1) is 0 Å². The number of anilines is 1. The third-order valence-electron chi connectivity index (χ3n) is 4.76. The lowest BCUT2D eigenvalue weighted by Crippen LogP contribution is -2.39. The van der Waals surface area contributed by atoms with Gasteiger partial charge >= 0.3 is 5.97 Å². The number of fused-ring (bicyclic) bond motifs is 1. The molecule has 0 radical (unpaired) electrons. The molecule has 0 unspecified atom stereocenters. The van der Waals surface area contributed by atoms with Crippen LogP contribution in [0.1, 0.15) is 36.7 Å². The number of hydrogen-bond acceptors (Lipinski definition) is 5. The molecule has 29 heavy (non-hydrogen) atoms. The largest absolute Gasteiger partial charge is 0.493 e. The van der Waals surface area contributed by atoms with Crippen LogP contribution in [-0.2, 0) is 16.0 Å². The zero-order chi connectivity index (χ0) is 21.0. The molecular formula is C23H27NO5. The Kier molecular flexibility index (Phi) is 6.42. The molecule has 2 aromatic rings. The summed E-state index contributed by atoms with van der Waals surface area (Å²) in [5, 5.41) is 0. The SMILES string of the molecule is COc1cc(C(=O)O[C@H](C)C(=O)N2CCc3ccccc32)ccc1OCC(C)C. The molecule has 6 nitrogen and oxygen atoms in total. The van der Waals surface area contributed by atoms with Crippen molar-refractivity contribution < 1.29 is 23.8 Å². The van der Waals surface area contributed by atoms with Crippen LogP contribution in [0.25, 0.3) is 0 Å². The molecule has 1 atom stereocenters. The Morgan fingerprint density at radius 3 is 2.55 bits per heavy atom. The summed E-state index contributed by atoms with van der Waals surface area (Å²) in [5.74, 6) is 0.578. The third-order valence-corrected chi connectivity index (χ3v) is 4.76. The molecule has 154 valence electrons. The second-order valence-electron chi connectivity index (χ2n) is 7.49. The summed E-state index contributed by atoms with van der Waals surface area (Å²) in [6.45, 7) is 6.84. The summed E-state index contributed by atoms with van der Waals surface area (Å²) >= 11 is 0. The number of hydrogen-bond donors (Lipinski definition) is 0. The van der Waals surface area contributed by atoms with Crippen LogP contribution in [-0.4, -0.2) is 38.2 Å². The Morgan fingerprint density at radius 2 is 1.83 bits per heavy atom. The van der Waals surface area contributed by atoms with Crippen LogP contribution in [0.15, 0.2) is 42.5 Å². The van der Waals surface area contributed by atoms with E-state index in [0.29, 0.717) is 36.1 Å². The molecule has 0 spiro atoms. The van der Waals surface area contributed by atoms with Crippen LogP contribution in [0, 0.1) is 5.92 Å². The molecule has 0 aliphatic carbocycles. The minimum absolute atomic E-state index is 0.229. The second kappa shape index (κ2) is 8.99. The van der Waals surface area contributed by atoms with Gasteiger partial charge in [0, 0.05) is 12.2 Å². The average Bonchev–Trinajstić information content (AvgIpc) is 3.15. The van der Waals surface area contributed by atoms with Gasteiger partial charge in [0.2, 0.25) is 0 Å². The van der Waals surface area contributed by atoms with Gasteiger partial charge in [-0.1, -0.05) is 32.0 Å². The topological polar surface area (TPSA) is 65.1 Å². The molecule has 0 saturated carbocycles. The van der Waals surface area contributed by atoms with Crippen molar-refractivity contribution in [2.24, 2.45) is 5.92 Å². The number of benzene rings is 2. The van der Waals surface area contributed by atoms with Gasteiger partial charge in [0.05, 0.1) is 19.3 Å².